The molecule has 1 N–H and O–H groups in total. The van der Waals surface area contributed by atoms with Gasteiger partial charge in [0, 0.05) is 0 Å². The second kappa shape index (κ2) is 5.36. The van der Waals surface area contributed by atoms with Crippen molar-refractivity contribution >= 4 is 0 Å². The molecule has 2 unspecified atom stereocenters. The summed E-state index contributed by atoms with van der Waals surface area (Å²) in [5.74, 6) is 1.41. The zero-order chi connectivity index (χ0) is 8.85. The molecule has 66 valence electrons. The number of hydrogen-bond acceptors (Lipinski definition) is 1. The first-order valence-corrected chi connectivity index (χ1v) is 4.38. The highest BCUT2D eigenvalue weighted by Crippen LogP contribution is 2.16. The van der Waals surface area contributed by atoms with Crippen LogP contribution in [0.3, 0.4) is 0 Å². The maximum Gasteiger partial charge on any atom is 0.0718 e. The van der Waals surface area contributed by atoms with Crippen molar-refractivity contribution in [3.63, 3.8) is 0 Å². The molecule has 0 aliphatic carbocycles. The van der Waals surface area contributed by atoms with Gasteiger partial charge < -0.3 is 5.11 Å². The minimum atomic E-state index is -0.309. The minimum Gasteiger partial charge on any atom is -0.389 e. The highest BCUT2D eigenvalue weighted by Gasteiger charge is 2.08. The zero-order valence-electron chi connectivity index (χ0n) is 7.88. The molecule has 0 saturated heterocycles. The fourth-order valence-corrected chi connectivity index (χ4v) is 0.885. The van der Waals surface area contributed by atoms with Crippen LogP contribution in [0.5, 0.6) is 0 Å². The van der Waals surface area contributed by atoms with Gasteiger partial charge in [0.15, 0.2) is 0 Å². The molecule has 0 spiro atoms. The average molecular weight is 156 g/mol. The molecule has 0 rings (SSSR count). The number of hydrogen-bond donors (Lipinski definition) is 1. The van der Waals surface area contributed by atoms with E-state index in [2.05, 4.69) is 27.4 Å². The summed E-state index contributed by atoms with van der Waals surface area (Å²) in [4.78, 5) is 0. The Bertz CT molecular complexity index is 107. The van der Waals surface area contributed by atoms with Gasteiger partial charge in [-0.2, -0.15) is 0 Å². The summed E-state index contributed by atoms with van der Waals surface area (Å²) in [6, 6.07) is 0. The normalized spacial score (nSPS) is 16.5. The van der Waals surface area contributed by atoms with E-state index in [1.54, 1.807) is 6.08 Å². The molecule has 0 aromatic heterocycles. The number of rotatable bonds is 5. The SMILES string of the molecule is C=CC(O)CCC(C)C(C)C. The predicted molar refractivity (Wildman–Crippen MR) is 49.4 cm³/mol. The molecule has 1 nitrogen and oxygen atoms in total. The quantitative estimate of drug-likeness (QED) is 0.607. The highest BCUT2D eigenvalue weighted by atomic mass is 16.3. The van der Waals surface area contributed by atoms with Crippen LogP contribution in [0.2, 0.25) is 0 Å². The van der Waals surface area contributed by atoms with E-state index in [1.165, 1.54) is 0 Å². The van der Waals surface area contributed by atoms with Crippen LogP contribution < -0.4 is 0 Å². The molecule has 0 amide bonds. The van der Waals surface area contributed by atoms with E-state index in [4.69, 9.17) is 0 Å². The van der Waals surface area contributed by atoms with E-state index in [-0.39, 0.29) is 6.10 Å². The monoisotopic (exact) mass is 156 g/mol. The van der Waals surface area contributed by atoms with E-state index < -0.39 is 0 Å². The van der Waals surface area contributed by atoms with Crippen LogP contribution in [0.25, 0.3) is 0 Å². The van der Waals surface area contributed by atoms with Crippen LogP contribution in [0.15, 0.2) is 12.7 Å². The molecule has 0 radical (unpaired) electrons. The van der Waals surface area contributed by atoms with Crippen molar-refractivity contribution in [1.29, 1.82) is 0 Å². The van der Waals surface area contributed by atoms with Gasteiger partial charge in [0.25, 0.3) is 0 Å². The average Bonchev–Trinajstić information content (AvgIpc) is 1.99. The Kier molecular flexibility index (Phi) is 5.22. The Morgan fingerprint density at radius 2 is 1.82 bits per heavy atom. The van der Waals surface area contributed by atoms with E-state index in [0.717, 1.165) is 12.8 Å². The van der Waals surface area contributed by atoms with Crippen molar-refractivity contribution in [3.8, 4) is 0 Å². The molecule has 2 atom stereocenters. The van der Waals surface area contributed by atoms with Crippen LogP contribution in [-0.2, 0) is 0 Å². The van der Waals surface area contributed by atoms with Crippen LogP contribution in [-0.4, -0.2) is 11.2 Å². The lowest BCUT2D eigenvalue weighted by atomic mass is 9.92. The summed E-state index contributed by atoms with van der Waals surface area (Å²) in [6.45, 7) is 10.2. The maximum absolute atomic E-state index is 9.17. The Hall–Kier alpha value is -0.300. The second-order valence-electron chi connectivity index (χ2n) is 3.60. The molecule has 0 aliphatic heterocycles. The van der Waals surface area contributed by atoms with Crippen LogP contribution >= 0.6 is 0 Å². The van der Waals surface area contributed by atoms with Crippen molar-refractivity contribution in [2.45, 2.75) is 39.7 Å². The maximum atomic E-state index is 9.17. The lowest BCUT2D eigenvalue weighted by molar-refractivity contribution is 0.195. The van der Waals surface area contributed by atoms with Crippen molar-refractivity contribution in [2.24, 2.45) is 11.8 Å². The molecule has 0 bridgehead atoms. The van der Waals surface area contributed by atoms with Crippen LogP contribution in [0.1, 0.15) is 33.6 Å². The molecule has 0 saturated carbocycles. The van der Waals surface area contributed by atoms with Gasteiger partial charge in [0.05, 0.1) is 6.10 Å². The third-order valence-corrected chi connectivity index (χ3v) is 2.33. The molecule has 0 aromatic carbocycles. The van der Waals surface area contributed by atoms with E-state index in [0.29, 0.717) is 11.8 Å². The Labute approximate surface area is 70.1 Å². The molecule has 0 heterocycles. The summed E-state index contributed by atoms with van der Waals surface area (Å²) in [5.41, 5.74) is 0. The van der Waals surface area contributed by atoms with Gasteiger partial charge in [0.2, 0.25) is 0 Å². The molecule has 0 aromatic rings. The molecule has 11 heavy (non-hydrogen) atoms. The van der Waals surface area contributed by atoms with Crippen molar-refractivity contribution in [1.82, 2.24) is 0 Å². The van der Waals surface area contributed by atoms with Crippen LogP contribution in [0, 0.1) is 11.8 Å². The summed E-state index contributed by atoms with van der Waals surface area (Å²) < 4.78 is 0. The third-order valence-electron chi connectivity index (χ3n) is 2.33. The number of aliphatic hydroxyl groups is 1. The van der Waals surface area contributed by atoms with Gasteiger partial charge in [-0.15, -0.1) is 6.58 Å². The zero-order valence-corrected chi connectivity index (χ0v) is 7.88. The first-order chi connectivity index (χ1) is 5.07. The molecular weight excluding hydrogens is 136 g/mol. The first kappa shape index (κ1) is 10.7. The van der Waals surface area contributed by atoms with E-state index in [1.807, 2.05) is 0 Å². The smallest absolute Gasteiger partial charge is 0.0718 e. The van der Waals surface area contributed by atoms with E-state index >= 15 is 0 Å². The number of aliphatic hydroxyl groups excluding tert-OH is 1. The summed E-state index contributed by atoms with van der Waals surface area (Å²) in [6.07, 6.45) is 3.23. The standard InChI is InChI=1S/C10H20O/c1-5-10(11)7-6-9(4)8(2)3/h5,8-11H,1,6-7H2,2-4H3. The lowest BCUT2D eigenvalue weighted by Gasteiger charge is -2.15. The fraction of sp³-hybridized carbons (Fsp3) is 0.800. The van der Waals surface area contributed by atoms with Crippen molar-refractivity contribution in [3.05, 3.63) is 12.7 Å². The van der Waals surface area contributed by atoms with Crippen LogP contribution in [0.4, 0.5) is 0 Å². The highest BCUT2D eigenvalue weighted by molar-refractivity contribution is 4.78. The van der Waals surface area contributed by atoms with Crippen molar-refractivity contribution < 1.29 is 5.11 Å². The first-order valence-electron chi connectivity index (χ1n) is 4.38. The Morgan fingerprint density at radius 1 is 1.27 bits per heavy atom. The fourth-order valence-electron chi connectivity index (χ4n) is 0.885. The van der Waals surface area contributed by atoms with Gasteiger partial charge in [0.1, 0.15) is 0 Å². The van der Waals surface area contributed by atoms with Gasteiger partial charge in [-0.3, -0.25) is 0 Å². The summed E-state index contributed by atoms with van der Waals surface area (Å²) in [5, 5.41) is 9.17. The van der Waals surface area contributed by atoms with Gasteiger partial charge in [-0.05, 0) is 24.7 Å². The molecular formula is C10H20O. The molecule has 0 aliphatic rings. The van der Waals surface area contributed by atoms with Gasteiger partial charge in [-0.1, -0.05) is 26.8 Å². The third kappa shape index (κ3) is 5.02. The molecule has 1 heteroatoms. The minimum absolute atomic E-state index is 0.309. The predicted octanol–water partition coefficient (Wildman–Crippen LogP) is 2.61. The largest absolute Gasteiger partial charge is 0.389 e. The lowest BCUT2D eigenvalue weighted by Crippen LogP contribution is -2.09. The van der Waals surface area contributed by atoms with Gasteiger partial charge in [-0.25, -0.2) is 0 Å². The van der Waals surface area contributed by atoms with Gasteiger partial charge >= 0.3 is 0 Å². The summed E-state index contributed by atoms with van der Waals surface area (Å²) >= 11 is 0. The van der Waals surface area contributed by atoms with E-state index in [9.17, 15) is 5.11 Å². The molecule has 0 fully saturated rings. The second-order valence-corrected chi connectivity index (χ2v) is 3.60. The van der Waals surface area contributed by atoms with Crippen molar-refractivity contribution in [2.75, 3.05) is 0 Å². The summed E-state index contributed by atoms with van der Waals surface area (Å²) in [7, 11) is 0. The topological polar surface area (TPSA) is 20.2 Å². The Balaban J connectivity index is 3.45. The Morgan fingerprint density at radius 3 is 2.18 bits per heavy atom.